The highest BCUT2D eigenvalue weighted by atomic mass is 16.5. The first-order valence-corrected chi connectivity index (χ1v) is 7.14. The Bertz CT molecular complexity index is 404. The molecule has 4 heteroatoms. The van der Waals surface area contributed by atoms with Crippen molar-refractivity contribution < 1.29 is 4.74 Å². The van der Waals surface area contributed by atoms with Crippen LogP contribution in [0.25, 0.3) is 0 Å². The number of hydrogen-bond donors (Lipinski definition) is 1. The largest absolute Gasteiger partial charge is 0.474 e. The van der Waals surface area contributed by atoms with Crippen molar-refractivity contribution in [2.45, 2.75) is 39.2 Å². The number of likely N-dealkylation sites (N-methyl/N-ethyl adjacent to an activating group) is 2. The summed E-state index contributed by atoms with van der Waals surface area (Å²) in [5.41, 5.74) is 7.87. The molecule has 20 heavy (non-hydrogen) atoms. The summed E-state index contributed by atoms with van der Waals surface area (Å²) in [5, 5.41) is 0. The van der Waals surface area contributed by atoms with Crippen LogP contribution in [0, 0.1) is 0 Å². The van der Waals surface area contributed by atoms with E-state index in [2.05, 4.69) is 29.5 Å². The molecule has 0 saturated carbocycles. The molecule has 0 amide bonds. The van der Waals surface area contributed by atoms with Gasteiger partial charge in [0, 0.05) is 38.6 Å². The molecule has 0 heterocycles. The standard InChI is InChI=1S/C16H29N3O/c1-13(20-16(2,3)4)18(5)11-12-19(6)15-9-7-14(17)8-10-15/h7,9H,1,8,10-12,17H2,2-6H3. The van der Waals surface area contributed by atoms with E-state index < -0.39 is 0 Å². The van der Waals surface area contributed by atoms with Crippen LogP contribution in [0.2, 0.25) is 0 Å². The Labute approximate surface area is 123 Å². The number of rotatable bonds is 6. The van der Waals surface area contributed by atoms with E-state index in [1.807, 2.05) is 33.9 Å². The first-order chi connectivity index (χ1) is 9.19. The molecule has 2 N–H and O–H groups in total. The normalized spacial score (nSPS) is 15.2. The lowest BCUT2D eigenvalue weighted by molar-refractivity contribution is 0.00853. The third kappa shape index (κ3) is 5.59. The van der Waals surface area contributed by atoms with Gasteiger partial charge in [-0.3, -0.25) is 0 Å². The molecular formula is C16H29N3O. The molecule has 0 aromatic heterocycles. The van der Waals surface area contributed by atoms with Crippen LogP contribution in [0.4, 0.5) is 0 Å². The van der Waals surface area contributed by atoms with Crippen molar-refractivity contribution >= 4 is 0 Å². The lowest BCUT2D eigenvalue weighted by atomic mass is 10.1. The Hall–Kier alpha value is -1.58. The Kier molecular flexibility index (Phi) is 5.54. The van der Waals surface area contributed by atoms with Crippen molar-refractivity contribution in [1.29, 1.82) is 0 Å². The number of hydrogen-bond acceptors (Lipinski definition) is 4. The summed E-state index contributed by atoms with van der Waals surface area (Å²) < 4.78 is 5.76. The van der Waals surface area contributed by atoms with Gasteiger partial charge in [-0.05, 0) is 52.3 Å². The van der Waals surface area contributed by atoms with Crippen molar-refractivity contribution in [3.8, 4) is 0 Å². The van der Waals surface area contributed by atoms with Gasteiger partial charge >= 0.3 is 0 Å². The molecule has 0 fully saturated rings. The Morgan fingerprint density at radius 1 is 1.25 bits per heavy atom. The fourth-order valence-corrected chi connectivity index (χ4v) is 1.96. The molecule has 0 aromatic rings. The van der Waals surface area contributed by atoms with Crippen molar-refractivity contribution in [2.75, 3.05) is 27.2 Å². The zero-order valence-corrected chi connectivity index (χ0v) is 13.6. The monoisotopic (exact) mass is 279 g/mol. The molecule has 1 aliphatic carbocycles. The van der Waals surface area contributed by atoms with Crippen LogP contribution >= 0.6 is 0 Å². The second kappa shape index (κ2) is 6.73. The van der Waals surface area contributed by atoms with Crippen LogP contribution in [-0.4, -0.2) is 42.6 Å². The second-order valence-electron chi connectivity index (χ2n) is 6.35. The molecule has 0 radical (unpaired) electrons. The van der Waals surface area contributed by atoms with E-state index >= 15 is 0 Å². The van der Waals surface area contributed by atoms with E-state index in [4.69, 9.17) is 10.5 Å². The fourth-order valence-electron chi connectivity index (χ4n) is 1.96. The third-order valence-electron chi connectivity index (χ3n) is 3.27. The maximum atomic E-state index is 5.78. The molecule has 0 spiro atoms. The van der Waals surface area contributed by atoms with Gasteiger partial charge in [0.25, 0.3) is 0 Å². The fraction of sp³-hybridized carbons (Fsp3) is 0.625. The van der Waals surface area contributed by atoms with Crippen molar-refractivity contribution in [1.82, 2.24) is 9.80 Å². The quantitative estimate of drug-likeness (QED) is 0.759. The topological polar surface area (TPSA) is 41.7 Å². The van der Waals surface area contributed by atoms with E-state index in [-0.39, 0.29) is 5.60 Å². The summed E-state index contributed by atoms with van der Waals surface area (Å²) in [7, 11) is 4.12. The summed E-state index contributed by atoms with van der Waals surface area (Å²) in [6.07, 6.45) is 6.08. The van der Waals surface area contributed by atoms with Crippen LogP contribution in [-0.2, 0) is 4.74 Å². The summed E-state index contributed by atoms with van der Waals surface area (Å²) in [4.78, 5) is 4.32. The van der Waals surface area contributed by atoms with Crippen molar-refractivity contribution in [3.63, 3.8) is 0 Å². The molecule has 0 unspecified atom stereocenters. The van der Waals surface area contributed by atoms with Gasteiger partial charge < -0.3 is 20.3 Å². The molecule has 0 saturated heterocycles. The molecule has 0 aliphatic heterocycles. The first kappa shape index (κ1) is 16.5. The summed E-state index contributed by atoms with van der Waals surface area (Å²) >= 11 is 0. The Morgan fingerprint density at radius 3 is 2.40 bits per heavy atom. The van der Waals surface area contributed by atoms with Crippen molar-refractivity contribution in [2.24, 2.45) is 5.73 Å². The highest BCUT2D eigenvalue weighted by Crippen LogP contribution is 2.18. The maximum Gasteiger partial charge on any atom is 0.182 e. The average Bonchev–Trinajstić information content (AvgIpc) is 2.34. The van der Waals surface area contributed by atoms with Gasteiger partial charge in [0.05, 0.1) is 0 Å². The van der Waals surface area contributed by atoms with Gasteiger partial charge in [0.2, 0.25) is 0 Å². The average molecular weight is 279 g/mol. The number of allylic oxidation sites excluding steroid dienone is 4. The number of ether oxygens (including phenoxy) is 1. The Balaban J connectivity index is 2.41. The molecule has 4 nitrogen and oxygen atoms in total. The lowest BCUT2D eigenvalue weighted by Crippen LogP contribution is -2.33. The summed E-state index contributed by atoms with van der Waals surface area (Å²) in [5.74, 6) is 0.715. The van der Waals surface area contributed by atoms with Crippen LogP contribution in [0.5, 0.6) is 0 Å². The van der Waals surface area contributed by atoms with E-state index in [9.17, 15) is 0 Å². The summed E-state index contributed by atoms with van der Waals surface area (Å²) in [6, 6.07) is 0. The zero-order chi connectivity index (χ0) is 15.3. The van der Waals surface area contributed by atoms with Gasteiger partial charge in [0.1, 0.15) is 5.60 Å². The third-order valence-corrected chi connectivity index (χ3v) is 3.27. The van der Waals surface area contributed by atoms with Gasteiger partial charge in [-0.25, -0.2) is 0 Å². The Morgan fingerprint density at radius 2 is 1.90 bits per heavy atom. The van der Waals surface area contributed by atoms with Crippen LogP contribution in [0.1, 0.15) is 33.6 Å². The SMILES string of the molecule is C=C(OC(C)(C)C)N(C)CCN(C)C1=CC=C(N)CC1. The van der Waals surface area contributed by atoms with E-state index in [0.29, 0.717) is 5.88 Å². The van der Waals surface area contributed by atoms with Crippen LogP contribution in [0.3, 0.4) is 0 Å². The van der Waals surface area contributed by atoms with Crippen molar-refractivity contribution in [3.05, 3.63) is 36.0 Å². The van der Waals surface area contributed by atoms with Gasteiger partial charge in [-0.1, -0.05) is 0 Å². The second-order valence-corrected chi connectivity index (χ2v) is 6.35. The number of nitrogens with zero attached hydrogens (tertiary/aromatic N) is 2. The number of nitrogens with two attached hydrogens (primary N) is 1. The molecule has 0 atom stereocenters. The molecule has 1 rings (SSSR count). The predicted molar refractivity (Wildman–Crippen MR) is 84.8 cm³/mol. The maximum absolute atomic E-state index is 5.78. The van der Waals surface area contributed by atoms with Gasteiger partial charge in [-0.2, -0.15) is 0 Å². The lowest BCUT2D eigenvalue weighted by Gasteiger charge is -2.31. The highest BCUT2D eigenvalue weighted by Gasteiger charge is 2.15. The smallest absolute Gasteiger partial charge is 0.182 e. The first-order valence-electron chi connectivity index (χ1n) is 7.14. The molecule has 1 aliphatic rings. The predicted octanol–water partition coefficient (Wildman–Crippen LogP) is 2.66. The highest BCUT2D eigenvalue weighted by molar-refractivity contribution is 5.21. The van der Waals surface area contributed by atoms with Crippen LogP contribution in [0.15, 0.2) is 36.0 Å². The van der Waals surface area contributed by atoms with Gasteiger partial charge in [-0.15, -0.1) is 0 Å². The van der Waals surface area contributed by atoms with Gasteiger partial charge in [0.15, 0.2) is 5.88 Å². The minimum atomic E-state index is -0.203. The molecule has 114 valence electrons. The van der Waals surface area contributed by atoms with E-state index in [1.165, 1.54) is 5.70 Å². The van der Waals surface area contributed by atoms with E-state index in [0.717, 1.165) is 31.6 Å². The minimum Gasteiger partial charge on any atom is -0.474 e. The minimum absolute atomic E-state index is 0.203. The van der Waals surface area contributed by atoms with E-state index in [1.54, 1.807) is 0 Å². The summed E-state index contributed by atoms with van der Waals surface area (Å²) in [6.45, 7) is 11.9. The van der Waals surface area contributed by atoms with Crippen LogP contribution < -0.4 is 5.73 Å². The zero-order valence-electron chi connectivity index (χ0n) is 13.6. The molecular weight excluding hydrogens is 250 g/mol. The molecule has 0 aromatic carbocycles. The molecule has 0 bridgehead atoms.